The molecule has 0 saturated heterocycles. The van der Waals surface area contributed by atoms with Crippen LogP contribution in [0.2, 0.25) is 0 Å². The number of aromatic nitrogens is 2. The van der Waals surface area contributed by atoms with Crippen molar-refractivity contribution in [2.45, 2.75) is 33.3 Å². The first kappa shape index (κ1) is 20.4. The third kappa shape index (κ3) is 5.34. The summed E-state index contributed by atoms with van der Waals surface area (Å²) in [7, 11) is 0. The van der Waals surface area contributed by atoms with Crippen LogP contribution in [0, 0.1) is 6.92 Å². The lowest BCUT2D eigenvalue weighted by atomic mass is 10.2. The van der Waals surface area contributed by atoms with Crippen molar-refractivity contribution in [3.05, 3.63) is 65.6 Å². The van der Waals surface area contributed by atoms with Gasteiger partial charge in [0.15, 0.2) is 0 Å². The van der Waals surface area contributed by atoms with Gasteiger partial charge in [-0.25, -0.2) is 4.98 Å². The molecule has 1 amide bonds. The van der Waals surface area contributed by atoms with Crippen LogP contribution < -0.4 is 10.1 Å². The number of nitrogens with zero attached hydrogens (tertiary/aromatic N) is 2. The minimum absolute atomic E-state index is 0.178. The van der Waals surface area contributed by atoms with E-state index in [0.717, 1.165) is 29.7 Å². The van der Waals surface area contributed by atoms with Crippen LogP contribution in [0.15, 0.2) is 48.8 Å². The van der Waals surface area contributed by atoms with Crippen LogP contribution in [0.3, 0.4) is 0 Å². The zero-order chi connectivity index (χ0) is 20.6. The number of nitrogens with one attached hydrogen (secondary N) is 1. The Morgan fingerprint density at radius 2 is 2.00 bits per heavy atom. The van der Waals surface area contributed by atoms with Gasteiger partial charge in [-0.3, -0.25) is 9.59 Å². The van der Waals surface area contributed by atoms with Gasteiger partial charge in [-0.1, -0.05) is 31.5 Å². The molecule has 1 aromatic carbocycles. The molecule has 7 heteroatoms. The number of para-hydroxylation sites is 1. The van der Waals surface area contributed by atoms with Crippen LogP contribution in [-0.4, -0.2) is 34.4 Å². The SMILES string of the molecule is CCCCOC(=O)CNC(=O)c1ccccc1OCc1cn2cccc(C)c2n1. The lowest BCUT2D eigenvalue weighted by molar-refractivity contribution is -0.142. The van der Waals surface area contributed by atoms with Gasteiger partial charge >= 0.3 is 5.97 Å². The molecule has 0 aliphatic carbocycles. The zero-order valence-corrected chi connectivity index (χ0v) is 16.7. The Morgan fingerprint density at radius 3 is 2.79 bits per heavy atom. The number of esters is 1. The number of benzene rings is 1. The predicted molar refractivity (Wildman–Crippen MR) is 109 cm³/mol. The first-order valence-corrected chi connectivity index (χ1v) is 9.67. The average molecular weight is 395 g/mol. The molecule has 0 aliphatic rings. The van der Waals surface area contributed by atoms with Gasteiger partial charge < -0.3 is 19.2 Å². The van der Waals surface area contributed by atoms with Crippen molar-refractivity contribution in [3.63, 3.8) is 0 Å². The maximum Gasteiger partial charge on any atom is 0.325 e. The molecule has 2 heterocycles. The summed E-state index contributed by atoms with van der Waals surface area (Å²) in [6, 6.07) is 10.9. The van der Waals surface area contributed by atoms with Gasteiger partial charge in [-0.2, -0.15) is 0 Å². The van der Waals surface area contributed by atoms with Crippen LogP contribution in [0.5, 0.6) is 5.75 Å². The Balaban J connectivity index is 1.61. The number of aryl methyl sites for hydroxylation is 1. The van der Waals surface area contributed by atoms with E-state index in [1.807, 2.05) is 42.8 Å². The minimum atomic E-state index is -0.453. The summed E-state index contributed by atoms with van der Waals surface area (Å²) in [6.45, 7) is 4.43. The molecule has 2 aromatic heterocycles. The van der Waals surface area contributed by atoms with Gasteiger partial charge in [0.25, 0.3) is 5.91 Å². The van der Waals surface area contributed by atoms with E-state index in [-0.39, 0.29) is 19.1 Å². The summed E-state index contributed by atoms with van der Waals surface area (Å²) >= 11 is 0. The van der Waals surface area contributed by atoms with Crippen LogP contribution in [-0.2, 0) is 16.1 Å². The van der Waals surface area contributed by atoms with E-state index in [4.69, 9.17) is 9.47 Å². The molecule has 3 aromatic rings. The second-order valence-corrected chi connectivity index (χ2v) is 6.70. The van der Waals surface area contributed by atoms with E-state index in [9.17, 15) is 9.59 Å². The zero-order valence-electron chi connectivity index (χ0n) is 16.7. The fraction of sp³-hybridized carbons (Fsp3) is 0.318. The van der Waals surface area contributed by atoms with Crippen molar-refractivity contribution in [2.75, 3.05) is 13.2 Å². The molecule has 0 spiro atoms. The Bertz CT molecular complexity index is 997. The molecule has 0 fully saturated rings. The number of carbonyl (C=O) groups is 2. The van der Waals surface area contributed by atoms with Crippen molar-refractivity contribution in [1.29, 1.82) is 0 Å². The highest BCUT2D eigenvalue weighted by molar-refractivity contribution is 5.98. The fourth-order valence-corrected chi connectivity index (χ4v) is 2.83. The topological polar surface area (TPSA) is 81.9 Å². The number of hydrogen-bond acceptors (Lipinski definition) is 5. The number of fused-ring (bicyclic) bond motifs is 1. The van der Waals surface area contributed by atoms with Crippen molar-refractivity contribution in [1.82, 2.24) is 14.7 Å². The number of pyridine rings is 1. The van der Waals surface area contributed by atoms with Crippen molar-refractivity contribution in [3.8, 4) is 5.75 Å². The van der Waals surface area contributed by atoms with Gasteiger partial charge in [0.1, 0.15) is 24.5 Å². The van der Waals surface area contributed by atoms with Gasteiger partial charge in [0.05, 0.1) is 17.9 Å². The quantitative estimate of drug-likeness (QED) is 0.444. The number of hydrogen-bond donors (Lipinski definition) is 1. The standard InChI is InChI=1S/C22H25N3O4/c1-3-4-12-28-20(26)13-23-22(27)18-9-5-6-10-19(18)29-15-17-14-25-11-7-8-16(2)21(25)24-17/h5-11,14H,3-4,12-13,15H2,1-2H3,(H,23,27). The van der Waals surface area contributed by atoms with Gasteiger partial charge in [-0.15, -0.1) is 0 Å². The first-order valence-electron chi connectivity index (χ1n) is 9.67. The molecule has 0 radical (unpaired) electrons. The number of imidazole rings is 1. The smallest absolute Gasteiger partial charge is 0.325 e. The molecule has 0 unspecified atom stereocenters. The molecular weight excluding hydrogens is 370 g/mol. The molecular formula is C22H25N3O4. The maximum absolute atomic E-state index is 12.5. The number of amides is 1. The van der Waals surface area contributed by atoms with Gasteiger partial charge in [0, 0.05) is 12.4 Å². The third-order valence-corrected chi connectivity index (χ3v) is 4.39. The maximum atomic E-state index is 12.5. The summed E-state index contributed by atoms with van der Waals surface area (Å²) in [5, 5.41) is 2.58. The largest absolute Gasteiger partial charge is 0.486 e. The molecule has 152 valence electrons. The van der Waals surface area contributed by atoms with E-state index in [1.54, 1.807) is 24.3 Å². The third-order valence-electron chi connectivity index (χ3n) is 4.39. The second-order valence-electron chi connectivity index (χ2n) is 6.70. The van der Waals surface area contributed by atoms with Gasteiger partial charge in [-0.05, 0) is 37.1 Å². The van der Waals surface area contributed by atoms with Crippen LogP contribution >= 0.6 is 0 Å². The molecule has 0 saturated carbocycles. The molecule has 0 aliphatic heterocycles. The van der Waals surface area contributed by atoms with Crippen LogP contribution in [0.25, 0.3) is 5.65 Å². The highest BCUT2D eigenvalue weighted by Crippen LogP contribution is 2.20. The first-order chi connectivity index (χ1) is 14.1. The number of rotatable bonds is 9. The Hall–Kier alpha value is -3.35. The molecule has 3 rings (SSSR count). The normalized spacial score (nSPS) is 10.7. The Kier molecular flexibility index (Phi) is 6.84. The van der Waals surface area contributed by atoms with Crippen molar-refractivity contribution >= 4 is 17.5 Å². The highest BCUT2D eigenvalue weighted by Gasteiger charge is 2.14. The Labute approximate surface area is 169 Å². The highest BCUT2D eigenvalue weighted by atomic mass is 16.5. The lowest BCUT2D eigenvalue weighted by Gasteiger charge is -2.11. The average Bonchev–Trinajstić information content (AvgIpc) is 3.15. The van der Waals surface area contributed by atoms with Gasteiger partial charge in [0.2, 0.25) is 0 Å². The summed E-state index contributed by atoms with van der Waals surface area (Å²) in [4.78, 5) is 28.7. The van der Waals surface area contributed by atoms with E-state index in [2.05, 4.69) is 10.3 Å². The molecule has 0 atom stereocenters. The van der Waals surface area contributed by atoms with Crippen LogP contribution in [0.4, 0.5) is 0 Å². The molecule has 1 N–H and O–H groups in total. The van der Waals surface area contributed by atoms with Crippen molar-refractivity contribution in [2.24, 2.45) is 0 Å². The van der Waals surface area contributed by atoms with E-state index >= 15 is 0 Å². The fourth-order valence-electron chi connectivity index (χ4n) is 2.83. The monoisotopic (exact) mass is 395 g/mol. The molecule has 0 bridgehead atoms. The number of unbranched alkanes of at least 4 members (excludes halogenated alkanes) is 1. The van der Waals surface area contributed by atoms with E-state index in [1.165, 1.54) is 0 Å². The summed E-state index contributed by atoms with van der Waals surface area (Å²) in [5.74, 6) is -0.415. The summed E-state index contributed by atoms with van der Waals surface area (Å²) in [5.41, 5.74) is 3.06. The van der Waals surface area contributed by atoms with Crippen molar-refractivity contribution < 1.29 is 19.1 Å². The minimum Gasteiger partial charge on any atom is -0.486 e. The van der Waals surface area contributed by atoms with E-state index < -0.39 is 5.97 Å². The van der Waals surface area contributed by atoms with E-state index in [0.29, 0.717) is 17.9 Å². The second kappa shape index (κ2) is 9.73. The summed E-state index contributed by atoms with van der Waals surface area (Å²) < 4.78 is 12.8. The summed E-state index contributed by atoms with van der Waals surface area (Å²) in [6.07, 6.45) is 5.58. The number of ether oxygens (including phenoxy) is 2. The Morgan fingerprint density at radius 1 is 1.17 bits per heavy atom. The number of carbonyl (C=O) groups excluding carboxylic acids is 2. The molecule has 7 nitrogen and oxygen atoms in total. The lowest BCUT2D eigenvalue weighted by Crippen LogP contribution is -2.31. The molecule has 29 heavy (non-hydrogen) atoms. The van der Waals surface area contributed by atoms with Crippen LogP contribution in [0.1, 0.15) is 41.4 Å². The predicted octanol–water partition coefficient (Wildman–Crippen LogP) is 3.29.